The second-order valence-electron chi connectivity index (χ2n) is 8.77. The molecule has 0 saturated heterocycles. The Hall–Kier alpha value is -4.45. The van der Waals surface area contributed by atoms with Gasteiger partial charge in [-0.15, -0.1) is 0 Å². The van der Waals surface area contributed by atoms with E-state index in [0.717, 1.165) is 0 Å². The lowest BCUT2D eigenvalue weighted by molar-refractivity contribution is -0.136. The number of guanidine groups is 1. The van der Waals surface area contributed by atoms with E-state index in [1.54, 1.807) is 36.4 Å². The fraction of sp³-hybridized carbons (Fsp3) is 0.214. The Kier molecular flexibility index (Phi) is 10.6. The summed E-state index contributed by atoms with van der Waals surface area (Å²) in [4.78, 5) is 42.1. The molecule has 12 heteroatoms. The molecule has 0 aromatic heterocycles. The molecule has 0 radical (unpaired) electrons. The number of nitrogens with zero attached hydrogens (tertiary/aromatic N) is 2. The number of carboxylic acid groups (broad SMARTS) is 1. The quantitative estimate of drug-likeness (QED) is 0.0945. The average Bonchev–Trinajstić information content (AvgIpc) is 2.92. The summed E-state index contributed by atoms with van der Waals surface area (Å²) >= 11 is 6.39. The largest absolute Gasteiger partial charge is 0.478 e. The molecule has 0 saturated carbocycles. The van der Waals surface area contributed by atoms with E-state index in [-0.39, 0.29) is 53.2 Å². The first-order chi connectivity index (χ1) is 19.1. The molecule has 0 atom stereocenters. The van der Waals surface area contributed by atoms with Gasteiger partial charge in [-0.2, -0.15) is 0 Å². The highest BCUT2D eigenvalue weighted by molar-refractivity contribution is 6.31. The third-order valence-corrected chi connectivity index (χ3v) is 6.27. The first-order valence-electron chi connectivity index (χ1n) is 12.1. The van der Waals surface area contributed by atoms with Gasteiger partial charge >= 0.3 is 11.9 Å². The third-order valence-electron chi connectivity index (χ3n) is 5.91. The topological polar surface area (TPSA) is 189 Å². The number of aliphatic hydroxyl groups is 2. The van der Waals surface area contributed by atoms with Gasteiger partial charge in [0, 0.05) is 18.0 Å². The zero-order valence-corrected chi connectivity index (χ0v) is 22.1. The predicted molar refractivity (Wildman–Crippen MR) is 149 cm³/mol. The summed E-state index contributed by atoms with van der Waals surface area (Å²) in [6.07, 6.45) is 0.226. The van der Waals surface area contributed by atoms with Crippen LogP contribution in [-0.4, -0.2) is 63.3 Å². The Balaban J connectivity index is 1.66. The Labute approximate surface area is 235 Å². The van der Waals surface area contributed by atoms with E-state index in [1.807, 2.05) is 0 Å². The SMILES string of the molecule is NC(N)=Nc1ccc(C(=O)Oc2ccc(CCC(=O)N(Cc3cccc(C(=O)O)c3)C(CO)CO)c(Cl)c2)cc1. The number of aliphatic hydroxyl groups excluding tert-OH is 2. The Bertz CT molecular complexity index is 1390. The smallest absolute Gasteiger partial charge is 0.343 e. The lowest BCUT2D eigenvalue weighted by atomic mass is 10.1. The van der Waals surface area contributed by atoms with Crippen LogP contribution in [0.4, 0.5) is 5.69 Å². The molecule has 1 amide bonds. The maximum Gasteiger partial charge on any atom is 0.343 e. The van der Waals surface area contributed by atoms with E-state index in [4.69, 9.17) is 27.8 Å². The van der Waals surface area contributed by atoms with E-state index in [1.165, 1.54) is 35.2 Å². The number of esters is 1. The van der Waals surface area contributed by atoms with Gasteiger partial charge in [-0.05, 0) is 66.1 Å². The van der Waals surface area contributed by atoms with E-state index in [2.05, 4.69) is 4.99 Å². The number of aliphatic imine (C=N–C) groups is 1. The summed E-state index contributed by atoms with van der Waals surface area (Å²) in [7, 11) is 0. The van der Waals surface area contributed by atoms with Crippen LogP contribution in [0, 0.1) is 0 Å². The number of aryl methyl sites for hydroxylation is 1. The minimum absolute atomic E-state index is 0.00129. The van der Waals surface area contributed by atoms with Crippen molar-refractivity contribution in [1.82, 2.24) is 4.90 Å². The molecule has 3 aromatic carbocycles. The molecular weight excluding hydrogens is 540 g/mol. The number of ether oxygens (including phenoxy) is 1. The lowest BCUT2D eigenvalue weighted by Crippen LogP contribution is -2.44. The van der Waals surface area contributed by atoms with Crippen LogP contribution >= 0.6 is 11.6 Å². The Morgan fingerprint density at radius 3 is 2.25 bits per heavy atom. The number of aromatic carboxylic acids is 1. The van der Waals surface area contributed by atoms with Crippen molar-refractivity contribution in [2.75, 3.05) is 13.2 Å². The van der Waals surface area contributed by atoms with Crippen LogP contribution in [-0.2, 0) is 17.8 Å². The van der Waals surface area contributed by atoms with E-state index in [9.17, 15) is 29.7 Å². The molecule has 11 nitrogen and oxygen atoms in total. The molecule has 0 aliphatic carbocycles. The molecule has 0 heterocycles. The van der Waals surface area contributed by atoms with Gasteiger partial charge in [0.1, 0.15) is 5.75 Å². The first kappa shape index (κ1) is 30.1. The van der Waals surface area contributed by atoms with Crippen LogP contribution in [0.1, 0.15) is 38.3 Å². The van der Waals surface area contributed by atoms with Crippen molar-refractivity contribution >= 4 is 41.1 Å². The molecule has 7 N–H and O–H groups in total. The molecule has 40 heavy (non-hydrogen) atoms. The van der Waals surface area contributed by atoms with Crippen molar-refractivity contribution in [1.29, 1.82) is 0 Å². The maximum absolute atomic E-state index is 13.1. The number of carboxylic acids is 1. The summed E-state index contributed by atoms with van der Waals surface area (Å²) in [5.41, 5.74) is 12.7. The highest BCUT2D eigenvalue weighted by Gasteiger charge is 2.23. The van der Waals surface area contributed by atoms with Crippen LogP contribution in [0.15, 0.2) is 71.7 Å². The third kappa shape index (κ3) is 8.27. The highest BCUT2D eigenvalue weighted by atomic mass is 35.5. The number of hydrogen-bond acceptors (Lipinski definition) is 7. The Morgan fingerprint density at radius 2 is 1.65 bits per heavy atom. The highest BCUT2D eigenvalue weighted by Crippen LogP contribution is 2.25. The van der Waals surface area contributed by atoms with E-state index in [0.29, 0.717) is 16.8 Å². The number of carbonyl (C=O) groups is 3. The zero-order valence-electron chi connectivity index (χ0n) is 21.4. The molecule has 210 valence electrons. The molecule has 0 fully saturated rings. The van der Waals surface area contributed by atoms with Gasteiger partial charge < -0.3 is 36.4 Å². The van der Waals surface area contributed by atoms with Crippen molar-refractivity contribution in [3.05, 3.63) is 94.0 Å². The van der Waals surface area contributed by atoms with Gasteiger partial charge in [0.15, 0.2) is 5.96 Å². The van der Waals surface area contributed by atoms with Crippen LogP contribution in [0.5, 0.6) is 5.75 Å². The van der Waals surface area contributed by atoms with Gasteiger partial charge in [-0.25, -0.2) is 14.6 Å². The number of benzene rings is 3. The normalized spacial score (nSPS) is 10.7. The number of halogens is 1. The number of amides is 1. The summed E-state index contributed by atoms with van der Waals surface area (Å²) in [6, 6.07) is 16.0. The van der Waals surface area contributed by atoms with Crippen molar-refractivity contribution in [3.63, 3.8) is 0 Å². The summed E-state index contributed by atoms with van der Waals surface area (Å²) in [5, 5.41) is 28.9. The van der Waals surface area contributed by atoms with Crippen LogP contribution < -0.4 is 16.2 Å². The fourth-order valence-corrected chi connectivity index (χ4v) is 4.11. The molecule has 0 bridgehead atoms. The summed E-state index contributed by atoms with van der Waals surface area (Å²) in [5.74, 6) is -1.99. The number of hydrogen-bond donors (Lipinski definition) is 5. The van der Waals surface area contributed by atoms with Crippen molar-refractivity contribution in [3.8, 4) is 5.75 Å². The first-order valence-corrected chi connectivity index (χ1v) is 12.5. The van der Waals surface area contributed by atoms with E-state index >= 15 is 0 Å². The summed E-state index contributed by atoms with van der Waals surface area (Å²) in [6.45, 7) is -0.946. The maximum atomic E-state index is 13.1. The van der Waals surface area contributed by atoms with Crippen molar-refractivity contribution < 1.29 is 34.4 Å². The van der Waals surface area contributed by atoms with Crippen molar-refractivity contribution in [2.45, 2.75) is 25.4 Å². The lowest BCUT2D eigenvalue weighted by Gasteiger charge is -2.30. The standard InChI is InChI=1S/C28H29ClN4O7/c29-24-13-23(40-27(39)19-4-8-21(9-5-19)32-28(30)31)10-6-18(24)7-11-25(36)33(22(15-34)16-35)14-17-2-1-3-20(12-17)26(37)38/h1-6,8-10,12-13,22,34-35H,7,11,14-16H2,(H,37,38)(H4,30,31,32). The van der Waals surface area contributed by atoms with Gasteiger partial charge in [0.25, 0.3) is 0 Å². The second kappa shape index (κ2) is 14.1. The van der Waals surface area contributed by atoms with Crippen LogP contribution in [0.3, 0.4) is 0 Å². The minimum atomic E-state index is -1.11. The van der Waals surface area contributed by atoms with Gasteiger partial charge in [0.2, 0.25) is 5.91 Å². The number of rotatable bonds is 12. The second-order valence-corrected chi connectivity index (χ2v) is 9.18. The number of nitrogens with two attached hydrogens (primary N) is 2. The molecule has 0 unspecified atom stereocenters. The molecule has 3 aromatic rings. The van der Waals surface area contributed by atoms with Gasteiger partial charge in [-0.3, -0.25) is 4.79 Å². The minimum Gasteiger partial charge on any atom is -0.478 e. The fourth-order valence-electron chi connectivity index (χ4n) is 3.84. The summed E-state index contributed by atoms with van der Waals surface area (Å²) < 4.78 is 5.39. The van der Waals surface area contributed by atoms with Crippen molar-refractivity contribution in [2.24, 2.45) is 16.5 Å². The molecule has 0 spiro atoms. The molecule has 0 aliphatic heterocycles. The predicted octanol–water partition coefficient (Wildman–Crippen LogP) is 2.48. The van der Waals surface area contributed by atoms with Gasteiger partial charge in [0.05, 0.1) is 36.1 Å². The van der Waals surface area contributed by atoms with Crippen LogP contribution in [0.25, 0.3) is 0 Å². The Morgan fingerprint density at radius 1 is 0.950 bits per heavy atom. The molecular formula is C28H29ClN4O7. The average molecular weight is 569 g/mol. The van der Waals surface area contributed by atoms with Crippen LogP contribution in [0.2, 0.25) is 5.02 Å². The zero-order chi connectivity index (χ0) is 29.2. The molecule has 3 rings (SSSR count). The van der Waals surface area contributed by atoms with Gasteiger partial charge in [-0.1, -0.05) is 29.8 Å². The monoisotopic (exact) mass is 568 g/mol. The molecule has 0 aliphatic rings. The van der Waals surface area contributed by atoms with E-state index < -0.39 is 31.2 Å². The number of carbonyl (C=O) groups excluding carboxylic acids is 2.